The van der Waals surface area contributed by atoms with Crippen LogP contribution in [0.2, 0.25) is 5.02 Å². The number of H-pyrrole nitrogens is 1. The van der Waals surface area contributed by atoms with Gasteiger partial charge in [0, 0.05) is 35.7 Å². The highest BCUT2D eigenvalue weighted by molar-refractivity contribution is 6.31. The van der Waals surface area contributed by atoms with Crippen molar-refractivity contribution < 1.29 is 27.1 Å². The molecular formula is C29H16ClF4N5O3. The van der Waals surface area contributed by atoms with Crippen molar-refractivity contribution >= 4 is 45.3 Å². The number of anilines is 1. The third-order valence-electron chi connectivity index (χ3n) is 6.35. The standard InChI is InChI=1S/C29H16ClF4N5O3/c30-21-5-4-17(14-20(21)29(32,33)34)39-26-15(2-1-9-37-26)12-19(28(39)41)27(40)38-16-3-6-24(22(31)13-16)42-23-8-11-36-25-18(23)7-10-35-25/h1-14H,(H,35,36)(H,38,40). The minimum Gasteiger partial charge on any atom is -0.453 e. The maximum atomic E-state index is 15.0. The van der Waals surface area contributed by atoms with Crippen LogP contribution in [0.25, 0.3) is 27.8 Å². The molecule has 0 spiro atoms. The Labute approximate surface area is 238 Å². The van der Waals surface area contributed by atoms with Crippen LogP contribution in [-0.4, -0.2) is 25.4 Å². The summed E-state index contributed by atoms with van der Waals surface area (Å²) in [4.78, 5) is 38.0. The molecule has 8 nitrogen and oxygen atoms in total. The lowest BCUT2D eigenvalue weighted by molar-refractivity contribution is -0.137. The first-order valence-electron chi connectivity index (χ1n) is 12.2. The van der Waals surface area contributed by atoms with Crippen molar-refractivity contribution in [3.05, 3.63) is 118 Å². The third kappa shape index (κ3) is 4.92. The summed E-state index contributed by atoms with van der Waals surface area (Å²) in [6.07, 6.45) is -0.267. The van der Waals surface area contributed by atoms with E-state index in [1.54, 1.807) is 30.5 Å². The maximum Gasteiger partial charge on any atom is 0.417 e. The fourth-order valence-corrected chi connectivity index (χ4v) is 4.64. The van der Waals surface area contributed by atoms with Crippen LogP contribution in [0.1, 0.15) is 15.9 Å². The number of pyridine rings is 3. The van der Waals surface area contributed by atoms with Gasteiger partial charge in [0.15, 0.2) is 11.6 Å². The van der Waals surface area contributed by atoms with Crippen LogP contribution >= 0.6 is 11.6 Å². The predicted molar refractivity (Wildman–Crippen MR) is 148 cm³/mol. The van der Waals surface area contributed by atoms with Gasteiger partial charge in [-0.15, -0.1) is 0 Å². The highest BCUT2D eigenvalue weighted by Crippen LogP contribution is 2.36. The van der Waals surface area contributed by atoms with E-state index in [0.29, 0.717) is 28.2 Å². The molecule has 1 amide bonds. The molecule has 0 bridgehead atoms. The topological polar surface area (TPSA) is 102 Å². The fraction of sp³-hybridized carbons (Fsp3) is 0.0345. The molecule has 13 heteroatoms. The van der Waals surface area contributed by atoms with Crippen molar-refractivity contribution in [1.29, 1.82) is 0 Å². The minimum absolute atomic E-state index is 0.00875. The largest absolute Gasteiger partial charge is 0.453 e. The van der Waals surface area contributed by atoms with Crippen LogP contribution in [0, 0.1) is 5.82 Å². The molecule has 0 saturated heterocycles. The summed E-state index contributed by atoms with van der Waals surface area (Å²) in [6.45, 7) is 0. The van der Waals surface area contributed by atoms with Gasteiger partial charge in [-0.1, -0.05) is 11.6 Å². The summed E-state index contributed by atoms with van der Waals surface area (Å²) in [7, 11) is 0. The average Bonchev–Trinajstić information content (AvgIpc) is 3.44. The summed E-state index contributed by atoms with van der Waals surface area (Å²) in [5.74, 6) is -1.47. The lowest BCUT2D eigenvalue weighted by Gasteiger charge is -2.15. The van der Waals surface area contributed by atoms with E-state index in [-0.39, 0.29) is 22.8 Å². The first-order valence-corrected chi connectivity index (χ1v) is 12.6. The molecule has 0 radical (unpaired) electrons. The van der Waals surface area contributed by atoms with Crippen LogP contribution in [0.15, 0.2) is 90.1 Å². The van der Waals surface area contributed by atoms with Crippen molar-refractivity contribution in [1.82, 2.24) is 19.5 Å². The van der Waals surface area contributed by atoms with Crippen LogP contribution < -0.4 is 15.6 Å². The zero-order valence-electron chi connectivity index (χ0n) is 21.0. The van der Waals surface area contributed by atoms with E-state index in [1.807, 2.05) is 0 Å². The Kier molecular flexibility index (Phi) is 6.62. The van der Waals surface area contributed by atoms with Gasteiger partial charge in [0.1, 0.15) is 22.6 Å². The summed E-state index contributed by atoms with van der Waals surface area (Å²) < 4.78 is 62.2. The van der Waals surface area contributed by atoms with Gasteiger partial charge in [0.05, 0.1) is 21.7 Å². The maximum absolute atomic E-state index is 15.0. The fourth-order valence-electron chi connectivity index (χ4n) is 4.42. The number of nitrogens with one attached hydrogen (secondary N) is 2. The van der Waals surface area contributed by atoms with Crippen molar-refractivity contribution in [3.63, 3.8) is 0 Å². The number of fused-ring (bicyclic) bond motifs is 2. The van der Waals surface area contributed by atoms with Gasteiger partial charge in [-0.2, -0.15) is 13.2 Å². The number of ether oxygens (including phenoxy) is 1. The molecule has 210 valence electrons. The van der Waals surface area contributed by atoms with Crippen molar-refractivity contribution in [3.8, 4) is 17.2 Å². The number of alkyl halides is 3. The first-order chi connectivity index (χ1) is 20.1. The van der Waals surface area contributed by atoms with Crippen molar-refractivity contribution in [2.24, 2.45) is 0 Å². The Balaban J connectivity index is 1.35. The van der Waals surface area contributed by atoms with E-state index in [4.69, 9.17) is 16.3 Å². The molecule has 6 rings (SSSR count). The van der Waals surface area contributed by atoms with Crippen molar-refractivity contribution in [2.45, 2.75) is 6.18 Å². The lowest BCUT2D eigenvalue weighted by atomic mass is 10.1. The average molecular weight is 594 g/mol. The van der Waals surface area contributed by atoms with Gasteiger partial charge in [0.25, 0.3) is 11.5 Å². The molecule has 2 aromatic carbocycles. The Hall–Kier alpha value is -5.23. The second-order valence-corrected chi connectivity index (χ2v) is 9.43. The molecule has 4 aromatic heterocycles. The number of nitrogens with zero attached hydrogens (tertiary/aromatic N) is 3. The third-order valence-corrected chi connectivity index (χ3v) is 6.68. The number of rotatable bonds is 5. The second kappa shape index (κ2) is 10.3. The minimum atomic E-state index is -4.79. The molecule has 0 aliphatic carbocycles. The SMILES string of the molecule is O=C(Nc1ccc(Oc2ccnc3[nH]ccc23)c(F)c1)c1cc2cccnc2n(-c2ccc(Cl)c(C(F)(F)F)c2)c1=O. The normalized spacial score (nSPS) is 11.6. The van der Waals surface area contributed by atoms with Crippen LogP contribution in [0.5, 0.6) is 11.5 Å². The molecule has 2 N–H and O–H groups in total. The number of carbonyl (C=O) groups is 1. The molecule has 0 atom stereocenters. The van der Waals surface area contributed by atoms with Gasteiger partial charge in [-0.05, 0) is 60.7 Å². The zero-order valence-corrected chi connectivity index (χ0v) is 21.8. The van der Waals surface area contributed by atoms with Gasteiger partial charge in [0.2, 0.25) is 0 Å². The molecule has 0 aliphatic rings. The van der Waals surface area contributed by atoms with Crippen LogP contribution in [0.4, 0.5) is 23.2 Å². The molecule has 42 heavy (non-hydrogen) atoms. The van der Waals surface area contributed by atoms with E-state index in [1.165, 1.54) is 36.7 Å². The van der Waals surface area contributed by atoms with Crippen LogP contribution in [-0.2, 0) is 6.18 Å². The number of hydrogen-bond donors (Lipinski definition) is 2. The summed E-state index contributed by atoms with van der Waals surface area (Å²) in [6, 6.07) is 14.3. The smallest absolute Gasteiger partial charge is 0.417 e. The van der Waals surface area contributed by atoms with Gasteiger partial charge in [-0.3, -0.25) is 14.2 Å². The number of halogens is 5. The van der Waals surface area contributed by atoms with Gasteiger partial charge >= 0.3 is 6.18 Å². The summed E-state index contributed by atoms with van der Waals surface area (Å²) in [5.41, 5.74) is -2.12. The number of hydrogen-bond acceptors (Lipinski definition) is 5. The van der Waals surface area contributed by atoms with E-state index in [0.717, 1.165) is 16.7 Å². The highest BCUT2D eigenvalue weighted by Gasteiger charge is 2.34. The van der Waals surface area contributed by atoms with E-state index >= 15 is 0 Å². The number of carbonyl (C=O) groups excluding carboxylic acids is 1. The first kappa shape index (κ1) is 27.0. The molecule has 0 saturated carbocycles. The number of benzene rings is 2. The molecule has 4 heterocycles. The monoisotopic (exact) mass is 593 g/mol. The Morgan fingerprint density at radius 1 is 0.976 bits per heavy atom. The number of amides is 1. The number of aromatic nitrogens is 4. The number of aromatic amines is 1. The summed E-state index contributed by atoms with van der Waals surface area (Å²) in [5, 5.41) is 2.84. The lowest BCUT2D eigenvalue weighted by Crippen LogP contribution is -2.29. The Morgan fingerprint density at radius 2 is 1.81 bits per heavy atom. The van der Waals surface area contributed by atoms with Crippen LogP contribution in [0.3, 0.4) is 0 Å². The quantitative estimate of drug-likeness (QED) is 0.207. The Morgan fingerprint density at radius 3 is 2.60 bits per heavy atom. The molecule has 0 fully saturated rings. The van der Waals surface area contributed by atoms with E-state index < -0.39 is 39.6 Å². The van der Waals surface area contributed by atoms with Crippen molar-refractivity contribution in [2.75, 3.05) is 5.32 Å². The summed E-state index contributed by atoms with van der Waals surface area (Å²) >= 11 is 5.76. The van der Waals surface area contributed by atoms with Gasteiger partial charge < -0.3 is 15.0 Å². The predicted octanol–water partition coefficient (Wildman–Crippen LogP) is 7.12. The second-order valence-electron chi connectivity index (χ2n) is 9.03. The Bertz CT molecular complexity index is 2070. The van der Waals surface area contributed by atoms with E-state index in [9.17, 15) is 27.2 Å². The van der Waals surface area contributed by atoms with Gasteiger partial charge in [-0.25, -0.2) is 14.4 Å². The highest BCUT2D eigenvalue weighted by atomic mass is 35.5. The molecular weight excluding hydrogens is 578 g/mol. The molecule has 0 unspecified atom stereocenters. The zero-order chi connectivity index (χ0) is 29.6. The molecule has 0 aliphatic heterocycles. The molecule has 6 aromatic rings. The van der Waals surface area contributed by atoms with E-state index in [2.05, 4.69) is 20.3 Å².